The van der Waals surface area contributed by atoms with E-state index in [4.69, 9.17) is 9.84 Å². The van der Waals surface area contributed by atoms with Crippen molar-refractivity contribution < 1.29 is 19.4 Å². The van der Waals surface area contributed by atoms with Crippen LogP contribution < -0.4 is 15.4 Å². The zero-order valence-corrected chi connectivity index (χ0v) is 11.9. The molecule has 0 aliphatic heterocycles. The lowest BCUT2D eigenvalue weighted by Gasteiger charge is -2.19. The lowest BCUT2D eigenvalue weighted by Crippen LogP contribution is -2.43. The second-order valence-corrected chi connectivity index (χ2v) is 5.07. The molecule has 3 N–H and O–H groups in total. The number of rotatable bonds is 6. The van der Waals surface area contributed by atoms with Gasteiger partial charge in [-0.2, -0.15) is 0 Å². The summed E-state index contributed by atoms with van der Waals surface area (Å²) >= 11 is 0. The lowest BCUT2D eigenvalue weighted by atomic mass is 9.94. The predicted octanol–water partition coefficient (Wildman–Crippen LogP) is 1.61. The molecule has 0 radical (unpaired) electrons. The van der Waals surface area contributed by atoms with Crippen LogP contribution in [0.1, 0.15) is 19.4 Å². The summed E-state index contributed by atoms with van der Waals surface area (Å²) in [5.41, 5.74) is -0.0595. The highest BCUT2D eigenvalue weighted by atomic mass is 16.5. The van der Waals surface area contributed by atoms with Crippen LogP contribution in [0.25, 0.3) is 0 Å². The Morgan fingerprint density at radius 3 is 2.30 bits per heavy atom. The maximum Gasteiger partial charge on any atom is 0.315 e. The number of hydrogen-bond donors (Lipinski definition) is 3. The van der Waals surface area contributed by atoms with E-state index in [2.05, 4.69) is 10.6 Å². The molecule has 2 amide bonds. The summed E-state index contributed by atoms with van der Waals surface area (Å²) in [6.07, 6.45) is 0. The number of benzene rings is 1. The maximum atomic E-state index is 11.6. The quantitative estimate of drug-likeness (QED) is 0.738. The molecule has 0 aromatic heterocycles. The van der Waals surface area contributed by atoms with E-state index in [9.17, 15) is 9.59 Å². The fourth-order valence-electron chi connectivity index (χ4n) is 1.37. The minimum Gasteiger partial charge on any atom is -0.497 e. The minimum absolute atomic E-state index is 0.0662. The number of methoxy groups -OCH3 is 1. The van der Waals surface area contributed by atoms with Crippen molar-refractivity contribution in [2.75, 3.05) is 13.7 Å². The standard InChI is InChI=1S/C14H20N2O4/c1-14(2,12(17)18)9-16-13(19)15-8-10-4-6-11(20-3)7-5-10/h4-7H,8-9H2,1-3H3,(H,17,18)(H2,15,16,19). The Balaban J connectivity index is 2.38. The monoisotopic (exact) mass is 280 g/mol. The van der Waals surface area contributed by atoms with Crippen LogP contribution in [0.15, 0.2) is 24.3 Å². The number of carbonyl (C=O) groups is 2. The number of carboxylic acids is 1. The molecule has 110 valence electrons. The molecule has 0 saturated heterocycles. The van der Waals surface area contributed by atoms with Gasteiger partial charge in [0.15, 0.2) is 0 Å². The number of nitrogens with one attached hydrogen (secondary N) is 2. The van der Waals surface area contributed by atoms with Crippen LogP contribution in [0.2, 0.25) is 0 Å². The summed E-state index contributed by atoms with van der Waals surface area (Å²) in [6, 6.07) is 6.92. The molecular formula is C14H20N2O4. The SMILES string of the molecule is COc1ccc(CNC(=O)NCC(C)(C)C(=O)O)cc1. The molecule has 0 saturated carbocycles. The van der Waals surface area contributed by atoms with Crippen LogP contribution in [0, 0.1) is 5.41 Å². The summed E-state index contributed by atoms with van der Waals surface area (Å²) in [4.78, 5) is 22.5. The molecule has 1 rings (SSSR count). The van der Waals surface area contributed by atoms with Crippen LogP contribution >= 0.6 is 0 Å². The van der Waals surface area contributed by atoms with Crippen LogP contribution in [-0.2, 0) is 11.3 Å². The fourth-order valence-corrected chi connectivity index (χ4v) is 1.37. The van der Waals surface area contributed by atoms with E-state index >= 15 is 0 Å². The van der Waals surface area contributed by atoms with Gasteiger partial charge in [0.05, 0.1) is 12.5 Å². The number of urea groups is 1. The van der Waals surface area contributed by atoms with E-state index in [0.29, 0.717) is 6.54 Å². The average Bonchev–Trinajstić information content (AvgIpc) is 2.43. The molecule has 0 heterocycles. The highest BCUT2D eigenvalue weighted by Crippen LogP contribution is 2.13. The van der Waals surface area contributed by atoms with Gasteiger partial charge in [-0.3, -0.25) is 4.79 Å². The van der Waals surface area contributed by atoms with Crippen molar-refractivity contribution in [2.24, 2.45) is 5.41 Å². The van der Waals surface area contributed by atoms with Crippen LogP contribution in [0.5, 0.6) is 5.75 Å². The number of hydrogen-bond acceptors (Lipinski definition) is 3. The number of amides is 2. The molecule has 1 aromatic rings. The Kier molecular flexibility index (Phi) is 5.37. The average molecular weight is 280 g/mol. The molecule has 20 heavy (non-hydrogen) atoms. The molecule has 0 bridgehead atoms. The smallest absolute Gasteiger partial charge is 0.315 e. The van der Waals surface area contributed by atoms with Gasteiger partial charge in [-0.15, -0.1) is 0 Å². The van der Waals surface area contributed by atoms with E-state index in [1.807, 2.05) is 24.3 Å². The van der Waals surface area contributed by atoms with Gasteiger partial charge in [-0.1, -0.05) is 12.1 Å². The first-order chi connectivity index (χ1) is 9.35. The van der Waals surface area contributed by atoms with Crippen LogP contribution in [0.4, 0.5) is 4.79 Å². The first kappa shape index (κ1) is 15.8. The molecule has 0 spiro atoms. The number of aliphatic carboxylic acids is 1. The van der Waals surface area contributed by atoms with E-state index in [0.717, 1.165) is 11.3 Å². The maximum absolute atomic E-state index is 11.6. The molecule has 0 aliphatic rings. The summed E-state index contributed by atoms with van der Waals surface area (Å²) in [5.74, 6) is -0.200. The summed E-state index contributed by atoms with van der Waals surface area (Å²) in [7, 11) is 1.59. The number of carbonyl (C=O) groups excluding carboxylic acids is 1. The highest BCUT2D eigenvalue weighted by molar-refractivity contribution is 5.77. The van der Waals surface area contributed by atoms with E-state index in [-0.39, 0.29) is 6.54 Å². The Labute approximate surface area is 118 Å². The largest absolute Gasteiger partial charge is 0.497 e. The van der Waals surface area contributed by atoms with E-state index in [1.165, 1.54) is 0 Å². The molecule has 0 atom stereocenters. The molecular weight excluding hydrogens is 260 g/mol. The van der Waals surface area contributed by atoms with Crippen molar-refractivity contribution in [1.29, 1.82) is 0 Å². The third kappa shape index (κ3) is 4.79. The van der Waals surface area contributed by atoms with Crippen molar-refractivity contribution >= 4 is 12.0 Å². The third-order valence-corrected chi connectivity index (χ3v) is 2.88. The highest BCUT2D eigenvalue weighted by Gasteiger charge is 2.27. The van der Waals surface area contributed by atoms with Gasteiger partial charge in [-0.25, -0.2) is 4.79 Å². The Morgan fingerprint density at radius 1 is 1.20 bits per heavy atom. The van der Waals surface area contributed by atoms with Crippen molar-refractivity contribution in [3.63, 3.8) is 0 Å². The van der Waals surface area contributed by atoms with Gasteiger partial charge >= 0.3 is 12.0 Å². The molecule has 0 fully saturated rings. The molecule has 0 aliphatic carbocycles. The second-order valence-electron chi connectivity index (χ2n) is 5.07. The topological polar surface area (TPSA) is 87.7 Å². The molecule has 0 unspecified atom stereocenters. The summed E-state index contributed by atoms with van der Waals surface area (Å²) in [6.45, 7) is 3.54. The predicted molar refractivity (Wildman–Crippen MR) is 74.6 cm³/mol. The van der Waals surface area contributed by atoms with Gasteiger partial charge < -0.3 is 20.5 Å². The normalized spacial score (nSPS) is 10.8. The van der Waals surface area contributed by atoms with Gasteiger partial charge in [0.2, 0.25) is 0 Å². The van der Waals surface area contributed by atoms with Crippen molar-refractivity contribution in [3.8, 4) is 5.75 Å². The van der Waals surface area contributed by atoms with Crippen molar-refractivity contribution in [1.82, 2.24) is 10.6 Å². The fraction of sp³-hybridized carbons (Fsp3) is 0.429. The minimum atomic E-state index is -0.989. The number of carboxylic acid groups (broad SMARTS) is 1. The first-order valence-electron chi connectivity index (χ1n) is 6.23. The van der Waals surface area contributed by atoms with Crippen LogP contribution in [0.3, 0.4) is 0 Å². The Hall–Kier alpha value is -2.24. The second kappa shape index (κ2) is 6.79. The van der Waals surface area contributed by atoms with Gasteiger partial charge in [0.1, 0.15) is 5.75 Å². The van der Waals surface area contributed by atoms with Crippen molar-refractivity contribution in [3.05, 3.63) is 29.8 Å². The van der Waals surface area contributed by atoms with E-state index in [1.54, 1.807) is 21.0 Å². The van der Waals surface area contributed by atoms with E-state index < -0.39 is 17.4 Å². The zero-order chi connectivity index (χ0) is 15.2. The van der Waals surface area contributed by atoms with Crippen molar-refractivity contribution in [2.45, 2.75) is 20.4 Å². The number of ether oxygens (including phenoxy) is 1. The molecule has 1 aromatic carbocycles. The molecule has 6 heteroatoms. The lowest BCUT2D eigenvalue weighted by molar-refractivity contribution is -0.146. The van der Waals surface area contributed by atoms with Gasteiger partial charge in [0, 0.05) is 13.1 Å². The summed E-state index contributed by atoms with van der Waals surface area (Å²) in [5, 5.41) is 14.1. The Morgan fingerprint density at radius 2 is 1.80 bits per heavy atom. The third-order valence-electron chi connectivity index (χ3n) is 2.88. The van der Waals surface area contributed by atoms with Gasteiger partial charge in [-0.05, 0) is 31.5 Å². The van der Waals surface area contributed by atoms with Crippen LogP contribution in [-0.4, -0.2) is 30.8 Å². The zero-order valence-electron chi connectivity index (χ0n) is 11.9. The van der Waals surface area contributed by atoms with Gasteiger partial charge in [0.25, 0.3) is 0 Å². The first-order valence-corrected chi connectivity index (χ1v) is 6.23. The summed E-state index contributed by atoms with van der Waals surface area (Å²) < 4.78 is 5.04. The Bertz CT molecular complexity index is 469. The molecule has 6 nitrogen and oxygen atoms in total.